The molecule has 0 atom stereocenters. The third kappa shape index (κ3) is 1.53. The molecule has 1 spiro atoms. The quantitative estimate of drug-likeness (QED) is 0.806. The summed E-state index contributed by atoms with van der Waals surface area (Å²) in [5.41, 5.74) is -0.249. The van der Waals surface area contributed by atoms with Crippen LogP contribution in [0.4, 0.5) is 0 Å². The Hall–Kier alpha value is -0.390. The molecule has 0 aliphatic heterocycles. The maximum Gasteiger partial charge on any atom is 0.235 e. The molecular formula is C11H19NO3S. The predicted octanol–water partition coefficient (Wildman–Crippen LogP) is 1.09. The van der Waals surface area contributed by atoms with Gasteiger partial charge in [-0.1, -0.05) is 13.0 Å². The van der Waals surface area contributed by atoms with Gasteiger partial charge >= 0.3 is 0 Å². The highest BCUT2D eigenvalue weighted by atomic mass is 32.2. The van der Waals surface area contributed by atoms with Crippen molar-refractivity contribution < 1.29 is 13.5 Å². The molecule has 0 radical (unpaired) electrons. The minimum atomic E-state index is -3.43. The summed E-state index contributed by atoms with van der Waals surface area (Å²) in [4.78, 5) is 0. The lowest BCUT2D eigenvalue weighted by Crippen LogP contribution is -2.65. The normalized spacial score (nSPS) is 26.2. The highest BCUT2D eigenvalue weighted by Crippen LogP contribution is 2.62. The first-order valence-corrected chi connectivity index (χ1v) is 7.12. The molecule has 16 heavy (non-hydrogen) atoms. The third-order valence-electron chi connectivity index (χ3n) is 4.38. The van der Waals surface area contributed by atoms with Crippen LogP contribution in [0, 0.1) is 5.41 Å². The fourth-order valence-electron chi connectivity index (χ4n) is 3.19. The van der Waals surface area contributed by atoms with Gasteiger partial charge in [-0.3, -0.25) is 0 Å². The Labute approximate surface area is 97.0 Å². The molecule has 2 fully saturated rings. The van der Waals surface area contributed by atoms with E-state index in [-0.39, 0.29) is 6.61 Å². The molecule has 2 rings (SSSR count). The second-order valence-corrected chi connectivity index (χ2v) is 7.18. The Morgan fingerprint density at radius 2 is 2.00 bits per heavy atom. The molecule has 4 nitrogen and oxygen atoms in total. The third-order valence-corrected chi connectivity index (χ3v) is 5.95. The summed E-state index contributed by atoms with van der Waals surface area (Å²) in [6, 6.07) is 0. The van der Waals surface area contributed by atoms with E-state index in [0.717, 1.165) is 18.2 Å². The van der Waals surface area contributed by atoms with E-state index in [0.29, 0.717) is 5.41 Å². The Morgan fingerprint density at radius 3 is 2.31 bits per heavy atom. The minimum Gasteiger partial charge on any atom is -0.394 e. The first-order valence-electron chi connectivity index (χ1n) is 5.62. The van der Waals surface area contributed by atoms with Crippen LogP contribution in [0.1, 0.15) is 32.1 Å². The highest BCUT2D eigenvalue weighted by molar-refractivity contribution is 7.92. The number of likely N-dealkylation sites (N-methyl/N-ethyl adjacent to an activating group) is 1. The maximum atomic E-state index is 11.7. The molecule has 0 heterocycles. The fourth-order valence-corrected chi connectivity index (χ4v) is 4.14. The van der Waals surface area contributed by atoms with Crippen LogP contribution in [-0.4, -0.2) is 37.0 Å². The van der Waals surface area contributed by atoms with Crippen LogP contribution in [0.15, 0.2) is 12.0 Å². The molecule has 2 aliphatic rings. The lowest BCUT2D eigenvalue weighted by molar-refractivity contribution is -0.112. The Balaban J connectivity index is 2.15. The number of aliphatic hydroxyl groups is 1. The molecule has 5 heteroatoms. The second kappa shape index (κ2) is 3.55. The van der Waals surface area contributed by atoms with E-state index >= 15 is 0 Å². The number of rotatable bonds is 4. The molecule has 2 aliphatic carbocycles. The van der Waals surface area contributed by atoms with Gasteiger partial charge in [0, 0.05) is 12.5 Å². The zero-order chi connectivity index (χ0) is 12.0. The van der Waals surface area contributed by atoms with Crippen LogP contribution in [0.3, 0.4) is 0 Å². The van der Waals surface area contributed by atoms with Gasteiger partial charge in [-0.2, -0.15) is 4.31 Å². The first-order chi connectivity index (χ1) is 7.40. The molecule has 0 aromatic carbocycles. The SMILES string of the molecule is C=CS(=O)(=O)N(C)C1(CO)CC2(CCC2)C1. The van der Waals surface area contributed by atoms with E-state index in [9.17, 15) is 13.5 Å². The molecule has 0 saturated heterocycles. The standard InChI is InChI=1S/C11H19NO3S/c1-3-16(14,15)12(2)11(9-13)7-10(8-11)5-4-6-10/h3,13H,1,4-9H2,2H3. The van der Waals surface area contributed by atoms with Crippen molar-refractivity contribution in [3.8, 4) is 0 Å². The van der Waals surface area contributed by atoms with E-state index < -0.39 is 15.6 Å². The van der Waals surface area contributed by atoms with Gasteiger partial charge in [0.1, 0.15) is 0 Å². The molecule has 0 bridgehead atoms. The summed E-state index contributed by atoms with van der Waals surface area (Å²) >= 11 is 0. The van der Waals surface area contributed by atoms with Gasteiger partial charge in [0.05, 0.1) is 12.1 Å². The molecule has 0 aromatic rings. The summed E-state index contributed by atoms with van der Waals surface area (Å²) in [6.07, 6.45) is 5.17. The number of nitrogens with zero attached hydrogens (tertiary/aromatic N) is 1. The largest absolute Gasteiger partial charge is 0.394 e. The number of hydrogen-bond acceptors (Lipinski definition) is 3. The smallest absolute Gasteiger partial charge is 0.235 e. The van der Waals surface area contributed by atoms with E-state index in [2.05, 4.69) is 6.58 Å². The number of sulfonamides is 1. The van der Waals surface area contributed by atoms with E-state index in [1.54, 1.807) is 7.05 Å². The van der Waals surface area contributed by atoms with E-state index in [1.165, 1.54) is 23.6 Å². The van der Waals surface area contributed by atoms with Crippen molar-refractivity contribution >= 4 is 10.0 Å². The predicted molar refractivity (Wildman–Crippen MR) is 62.2 cm³/mol. The summed E-state index contributed by atoms with van der Waals surface area (Å²) in [5, 5.41) is 10.4. The monoisotopic (exact) mass is 245 g/mol. The molecule has 2 saturated carbocycles. The van der Waals surface area contributed by atoms with Gasteiger partial charge in [0.2, 0.25) is 10.0 Å². The van der Waals surface area contributed by atoms with Crippen molar-refractivity contribution in [3.63, 3.8) is 0 Å². The van der Waals surface area contributed by atoms with Crippen molar-refractivity contribution in [1.29, 1.82) is 0 Å². The molecule has 1 N–H and O–H groups in total. The summed E-state index contributed by atoms with van der Waals surface area (Å²) in [7, 11) is -1.89. The lowest BCUT2D eigenvalue weighted by atomic mass is 9.48. The van der Waals surface area contributed by atoms with Crippen LogP contribution >= 0.6 is 0 Å². The number of aliphatic hydroxyl groups excluding tert-OH is 1. The molecule has 0 aromatic heterocycles. The average molecular weight is 245 g/mol. The van der Waals surface area contributed by atoms with Gasteiger partial charge in [-0.05, 0) is 31.1 Å². The van der Waals surface area contributed by atoms with Crippen LogP contribution in [0.25, 0.3) is 0 Å². The summed E-state index contributed by atoms with van der Waals surface area (Å²) in [6.45, 7) is 3.22. The van der Waals surface area contributed by atoms with Gasteiger partial charge in [0.15, 0.2) is 0 Å². The Bertz CT molecular complexity index is 389. The van der Waals surface area contributed by atoms with Crippen LogP contribution in [-0.2, 0) is 10.0 Å². The van der Waals surface area contributed by atoms with E-state index in [1.807, 2.05) is 0 Å². The van der Waals surface area contributed by atoms with Crippen LogP contribution < -0.4 is 0 Å². The Morgan fingerprint density at radius 1 is 1.44 bits per heavy atom. The van der Waals surface area contributed by atoms with Gasteiger partial charge in [-0.25, -0.2) is 8.42 Å². The summed E-state index contributed by atoms with van der Waals surface area (Å²) in [5.74, 6) is 0. The second-order valence-electron chi connectivity index (χ2n) is 5.27. The first kappa shape index (κ1) is 12.1. The lowest BCUT2D eigenvalue weighted by Gasteiger charge is -2.62. The molecular weight excluding hydrogens is 226 g/mol. The minimum absolute atomic E-state index is 0.0989. The average Bonchev–Trinajstić information content (AvgIpc) is 2.14. The van der Waals surface area contributed by atoms with Crippen molar-refractivity contribution in [2.45, 2.75) is 37.6 Å². The summed E-state index contributed by atoms with van der Waals surface area (Å²) < 4.78 is 24.7. The maximum absolute atomic E-state index is 11.7. The van der Waals surface area contributed by atoms with E-state index in [4.69, 9.17) is 0 Å². The molecule has 0 amide bonds. The van der Waals surface area contributed by atoms with Crippen molar-refractivity contribution in [2.75, 3.05) is 13.7 Å². The van der Waals surface area contributed by atoms with Gasteiger partial charge in [-0.15, -0.1) is 0 Å². The highest BCUT2D eigenvalue weighted by Gasteiger charge is 2.60. The van der Waals surface area contributed by atoms with Gasteiger partial charge in [0.25, 0.3) is 0 Å². The van der Waals surface area contributed by atoms with Crippen molar-refractivity contribution in [1.82, 2.24) is 4.31 Å². The van der Waals surface area contributed by atoms with Crippen LogP contribution in [0.5, 0.6) is 0 Å². The zero-order valence-electron chi connectivity index (χ0n) is 9.65. The van der Waals surface area contributed by atoms with Gasteiger partial charge < -0.3 is 5.11 Å². The zero-order valence-corrected chi connectivity index (χ0v) is 10.5. The Kier molecular flexibility index (Phi) is 2.68. The molecule has 92 valence electrons. The topological polar surface area (TPSA) is 57.6 Å². The molecule has 0 unspecified atom stereocenters. The van der Waals surface area contributed by atoms with Crippen molar-refractivity contribution in [3.05, 3.63) is 12.0 Å². The number of hydrogen-bond donors (Lipinski definition) is 1. The van der Waals surface area contributed by atoms with Crippen LogP contribution in [0.2, 0.25) is 0 Å². The van der Waals surface area contributed by atoms with Crippen molar-refractivity contribution in [2.24, 2.45) is 5.41 Å². The fraction of sp³-hybridized carbons (Fsp3) is 0.818.